The summed E-state index contributed by atoms with van der Waals surface area (Å²) in [6.07, 6.45) is 7.74. The number of aromatic amines is 1. The first-order valence-corrected chi connectivity index (χ1v) is 8.64. The molecule has 1 fully saturated rings. The van der Waals surface area contributed by atoms with E-state index in [1.807, 2.05) is 23.6 Å². The van der Waals surface area contributed by atoms with Crippen LogP contribution >= 0.6 is 11.3 Å². The van der Waals surface area contributed by atoms with Crippen molar-refractivity contribution in [2.24, 2.45) is 0 Å². The largest absolute Gasteiger partial charge is 0.368 e. The zero-order chi connectivity index (χ0) is 15.2. The first-order chi connectivity index (χ1) is 10.8. The number of hydrogen-bond acceptors (Lipinski definition) is 4. The molecule has 1 amide bonds. The molecule has 0 radical (unpaired) electrons. The van der Waals surface area contributed by atoms with Crippen LogP contribution in [0.4, 0.5) is 5.82 Å². The van der Waals surface area contributed by atoms with Gasteiger partial charge in [0.2, 0.25) is 0 Å². The maximum Gasteiger partial charge on any atom is 0.254 e. The third kappa shape index (κ3) is 3.96. The Hall–Kier alpha value is -1.66. The molecule has 0 aliphatic heterocycles. The molecule has 0 bridgehead atoms. The van der Waals surface area contributed by atoms with Crippen molar-refractivity contribution in [1.29, 1.82) is 0 Å². The van der Waals surface area contributed by atoms with Gasteiger partial charge in [-0.05, 0) is 24.3 Å². The lowest BCUT2D eigenvalue weighted by molar-refractivity contribution is -0.125. The average molecular weight is 319 g/mol. The van der Waals surface area contributed by atoms with Crippen LogP contribution < -0.4 is 4.90 Å². The van der Waals surface area contributed by atoms with Crippen LogP contribution in [0.25, 0.3) is 0 Å². The number of ether oxygens (including phenoxy) is 1. The van der Waals surface area contributed by atoms with Crippen LogP contribution in [0, 0.1) is 0 Å². The van der Waals surface area contributed by atoms with Gasteiger partial charge >= 0.3 is 0 Å². The molecular weight excluding hydrogens is 298 g/mol. The summed E-state index contributed by atoms with van der Waals surface area (Å²) in [6.45, 7) is 0.682. The second-order valence-corrected chi connectivity index (χ2v) is 6.60. The number of anilines is 1. The van der Waals surface area contributed by atoms with E-state index in [1.54, 1.807) is 22.4 Å². The summed E-state index contributed by atoms with van der Waals surface area (Å²) >= 11 is 1.64. The van der Waals surface area contributed by atoms with Crippen molar-refractivity contribution >= 4 is 23.1 Å². The lowest BCUT2D eigenvalue weighted by Crippen LogP contribution is -2.35. The number of carbonyl (C=O) groups excluding carboxylic acids is 1. The van der Waals surface area contributed by atoms with Crippen LogP contribution in [0.15, 0.2) is 29.8 Å². The maximum atomic E-state index is 12.6. The van der Waals surface area contributed by atoms with Crippen molar-refractivity contribution in [3.05, 3.63) is 34.7 Å². The number of amides is 1. The number of hydrogen-bond donors (Lipinski definition) is 1. The summed E-state index contributed by atoms with van der Waals surface area (Å²) in [5, 5.41) is 8.84. The molecule has 2 aromatic rings. The molecule has 0 spiro atoms. The van der Waals surface area contributed by atoms with Crippen LogP contribution in [-0.4, -0.2) is 28.8 Å². The van der Waals surface area contributed by atoms with Crippen molar-refractivity contribution in [2.75, 3.05) is 11.5 Å². The van der Waals surface area contributed by atoms with Crippen molar-refractivity contribution < 1.29 is 9.53 Å². The molecule has 3 rings (SSSR count). The lowest BCUT2D eigenvalue weighted by Gasteiger charge is -2.24. The van der Waals surface area contributed by atoms with Gasteiger partial charge in [-0.25, -0.2) is 0 Å². The summed E-state index contributed by atoms with van der Waals surface area (Å²) in [4.78, 5) is 15.4. The van der Waals surface area contributed by atoms with Gasteiger partial charge in [0.05, 0.1) is 18.8 Å². The van der Waals surface area contributed by atoms with Gasteiger partial charge in [0.25, 0.3) is 5.91 Å². The van der Waals surface area contributed by atoms with Crippen molar-refractivity contribution in [3.63, 3.8) is 0 Å². The molecular formula is C16H21N3O2S. The Kier molecular flexibility index (Phi) is 5.24. The van der Waals surface area contributed by atoms with E-state index in [0.717, 1.165) is 17.7 Å². The number of carbonyl (C=O) groups is 1. The predicted octanol–water partition coefficient (Wildman–Crippen LogP) is 3.35. The van der Waals surface area contributed by atoms with Crippen LogP contribution in [0.1, 0.15) is 37.0 Å². The molecule has 2 aromatic heterocycles. The Bertz CT molecular complexity index is 562. The van der Waals surface area contributed by atoms with Gasteiger partial charge < -0.3 is 4.74 Å². The van der Waals surface area contributed by atoms with Crippen LogP contribution in [0.3, 0.4) is 0 Å². The van der Waals surface area contributed by atoms with E-state index in [9.17, 15) is 4.79 Å². The van der Waals surface area contributed by atoms with Crippen LogP contribution in [0.2, 0.25) is 0 Å². The Morgan fingerprint density at radius 2 is 2.23 bits per heavy atom. The molecule has 1 aliphatic rings. The second kappa shape index (κ2) is 7.56. The van der Waals surface area contributed by atoms with Gasteiger partial charge in [-0.1, -0.05) is 25.3 Å². The van der Waals surface area contributed by atoms with Crippen LogP contribution in [0.5, 0.6) is 0 Å². The first kappa shape index (κ1) is 15.2. The minimum atomic E-state index is -0.0248. The normalized spacial score (nSPS) is 15.8. The molecule has 1 N–H and O–H groups in total. The third-order valence-electron chi connectivity index (χ3n) is 3.97. The Morgan fingerprint density at radius 3 is 2.91 bits per heavy atom. The van der Waals surface area contributed by atoms with Gasteiger partial charge in [0.15, 0.2) is 0 Å². The minimum absolute atomic E-state index is 0.0248. The highest BCUT2D eigenvalue weighted by atomic mass is 32.1. The molecule has 1 aliphatic carbocycles. The highest BCUT2D eigenvalue weighted by Gasteiger charge is 2.21. The Morgan fingerprint density at radius 1 is 1.36 bits per heavy atom. The van der Waals surface area contributed by atoms with E-state index < -0.39 is 0 Å². The molecule has 0 atom stereocenters. The van der Waals surface area contributed by atoms with Gasteiger partial charge in [-0.3, -0.25) is 14.8 Å². The average Bonchev–Trinajstić information content (AvgIpc) is 3.24. The lowest BCUT2D eigenvalue weighted by atomic mass is 9.98. The summed E-state index contributed by atoms with van der Waals surface area (Å²) < 4.78 is 5.82. The highest BCUT2D eigenvalue weighted by molar-refractivity contribution is 7.09. The van der Waals surface area contributed by atoms with Gasteiger partial charge in [0, 0.05) is 10.9 Å². The number of nitrogens with zero attached hydrogens (tertiary/aromatic N) is 2. The fourth-order valence-corrected chi connectivity index (χ4v) is 3.46. The standard InChI is InChI=1S/C16H21N3O2S/c20-16(12-21-13-5-2-1-3-6-13)19(15-8-9-17-18-15)11-14-7-4-10-22-14/h4,7-10,13H,1-3,5-6,11-12H2,(H,17,18). The Labute approximate surface area is 134 Å². The van der Waals surface area contributed by atoms with Crippen molar-refractivity contribution in [2.45, 2.75) is 44.8 Å². The van der Waals surface area contributed by atoms with E-state index in [1.165, 1.54) is 19.3 Å². The zero-order valence-corrected chi connectivity index (χ0v) is 13.3. The predicted molar refractivity (Wildman–Crippen MR) is 86.9 cm³/mol. The zero-order valence-electron chi connectivity index (χ0n) is 12.5. The second-order valence-electron chi connectivity index (χ2n) is 5.57. The molecule has 5 nitrogen and oxygen atoms in total. The van der Waals surface area contributed by atoms with E-state index in [-0.39, 0.29) is 18.6 Å². The number of nitrogens with one attached hydrogen (secondary N) is 1. The molecule has 0 unspecified atom stereocenters. The first-order valence-electron chi connectivity index (χ1n) is 7.76. The van der Waals surface area contributed by atoms with Gasteiger partial charge in [-0.2, -0.15) is 5.10 Å². The molecule has 1 saturated carbocycles. The minimum Gasteiger partial charge on any atom is -0.368 e. The monoisotopic (exact) mass is 319 g/mol. The smallest absolute Gasteiger partial charge is 0.254 e. The molecule has 22 heavy (non-hydrogen) atoms. The van der Waals surface area contributed by atoms with Gasteiger partial charge in [0.1, 0.15) is 12.4 Å². The number of H-pyrrole nitrogens is 1. The van der Waals surface area contributed by atoms with Crippen molar-refractivity contribution in [1.82, 2.24) is 10.2 Å². The maximum absolute atomic E-state index is 12.6. The highest BCUT2D eigenvalue weighted by Crippen LogP contribution is 2.21. The van der Waals surface area contributed by atoms with E-state index in [2.05, 4.69) is 10.2 Å². The molecule has 0 saturated heterocycles. The van der Waals surface area contributed by atoms with Crippen molar-refractivity contribution in [3.8, 4) is 0 Å². The fourth-order valence-electron chi connectivity index (χ4n) is 2.76. The quantitative estimate of drug-likeness (QED) is 0.888. The molecule has 2 heterocycles. The number of rotatable bonds is 6. The summed E-state index contributed by atoms with van der Waals surface area (Å²) in [6, 6.07) is 5.84. The third-order valence-corrected chi connectivity index (χ3v) is 4.83. The molecule has 6 heteroatoms. The van der Waals surface area contributed by atoms with E-state index >= 15 is 0 Å². The topological polar surface area (TPSA) is 58.2 Å². The summed E-state index contributed by atoms with van der Waals surface area (Å²) in [5.41, 5.74) is 0. The van der Waals surface area contributed by atoms with Gasteiger partial charge in [-0.15, -0.1) is 11.3 Å². The molecule has 0 aromatic carbocycles. The SMILES string of the molecule is O=C(COC1CCCCC1)N(Cc1cccs1)c1ccn[nH]1. The summed E-state index contributed by atoms with van der Waals surface area (Å²) in [5.74, 6) is 0.689. The van der Waals surface area contributed by atoms with E-state index in [0.29, 0.717) is 12.4 Å². The van der Waals surface area contributed by atoms with E-state index in [4.69, 9.17) is 4.74 Å². The fraction of sp³-hybridized carbons (Fsp3) is 0.500. The van der Waals surface area contributed by atoms with Crippen LogP contribution in [-0.2, 0) is 16.1 Å². The Balaban J connectivity index is 1.61. The molecule has 118 valence electrons. The number of thiophene rings is 1. The number of aromatic nitrogens is 2. The summed E-state index contributed by atoms with van der Waals surface area (Å²) in [7, 11) is 0.